The first kappa shape index (κ1) is 12.8. The number of halogens is 2. The zero-order valence-corrected chi connectivity index (χ0v) is 8.31. The van der Waals surface area contributed by atoms with Gasteiger partial charge in [-0.2, -0.15) is 0 Å². The Morgan fingerprint density at radius 1 is 1.71 bits per heavy atom. The molecule has 0 aliphatic rings. The molecule has 1 aromatic heterocycles. The molecule has 0 atom stereocenters. The molecule has 4 nitrogen and oxygen atoms in total. The Balaban J connectivity index is 0.00000169. The van der Waals surface area contributed by atoms with Gasteiger partial charge in [0, 0.05) is 12.7 Å². The fraction of sp³-hybridized carbons (Fsp3) is 0.250. The third kappa shape index (κ3) is 2.65. The average molecular weight is 221 g/mol. The number of pyridine rings is 1. The lowest BCUT2D eigenvalue weighted by Gasteiger charge is -2.01. The van der Waals surface area contributed by atoms with Crippen LogP contribution in [0.15, 0.2) is 12.3 Å². The summed E-state index contributed by atoms with van der Waals surface area (Å²) in [6.45, 7) is 0.00723. The van der Waals surface area contributed by atoms with Crippen molar-refractivity contribution in [2.24, 2.45) is 5.73 Å². The van der Waals surface area contributed by atoms with Crippen molar-refractivity contribution in [1.29, 1.82) is 0 Å². The minimum atomic E-state index is -0.616. The molecule has 0 aromatic carbocycles. The van der Waals surface area contributed by atoms with Crippen molar-refractivity contribution in [1.82, 2.24) is 4.98 Å². The maximum absolute atomic E-state index is 13.0. The van der Waals surface area contributed by atoms with Crippen LogP contribution in [0.25, 0.3) is 0 Å². The molecule has 0 unspecified atom stereocenters. The molecule has 0 aliphatic heterocycles. The van der Waals surface area contributed by atoms with Crippen LogP contribution in [0.5, 0.6) is 0 Å². The highest BCUT2D eigenvalue weighted by Crippen LogP contribution is 2.07. The first-order chi connectivity index (χ1) is 6.19. The van der Waals surface area contributed by atoms with Crippen molar-refractivity contribution in [3.63, 3.8) is 0 Å². The van der Waals surface area contributed by atoms with Gasteiger partial charge in [0.25, 0.3) is 0 Å². The molecule has 0 bridgehead atoms. The Bertz CT molecular complexity index is 333. The van der Waals surface area contributed by atoms with E-state index in [9.17, 15) is 9.18 Å². The Morgan fingerprint density at radius 2 is 2.36 bits per heavy atom. The van der Waals surface area contributed by atoms with Gasteiger partial charge in [-0.25, -0.2) is 9.18 Å². The normalized spacial score (nSPS) is 9.07. The van der Waals surface area contributed by atoms with Crippen molar-refractivity contribution in [3.05, 3.63) is 29.3 Å². The highest BCUT2D eigenvalue weighted by molar-refractivity contribution is 5.88. The molecule has 0 radical (unpaired) electrons. The van der Waals surface area contributed by atoms with Gasteiger partial charge in [0.15, 0.2) is 0 Å². The van der Waals surface area contributed by atoms with Gasteiger partial charge in [-0.1, -0.05) is 0 Å². The number of carbonyl (C=O) groups excluding carboxylic acids is 1. The molecule has 0 aliphatic carbocycles. The second kappa shape index (κ2) is 5.51. The van der Waals surface area contributed by atoms with E-state index >= 15 is 0 Å². The summed E-state index contributed by atoms with van der Waals surface area (Å²) in [6.07, 6.45) is 1.23. The van der Waals surface area contributed by atoms with Gasteiger partial charge >= 0.3 is 5.97 Å². The van der Waals surface area contributed by atoms with Gasteiger partial charge in [-0.05, 0) is 6.07 Å². The molecule has 14 heavy (non-hydrogen) atoms. The van der Waals surface area contributed by atoms with Crippen LogP contribution in [0.1, 0.15) is 16.1 Å². The topological polar surface area (TPSA) is 65.2 Å². The van der Waals surface area contributed by atoms with E-state index in [2.05, 4.69) is 9.72 Å². The number of aromatic nitrogens is 1. The summed E-state index contributed by atoms with van der Waals surface area (Å²) >= 11 is 0. The molecule has 6 heteroatoms. The summed E-state index contributed by atoms with van der Waals surface area (Å²) in [6, 6.07) is 1.06. The minimum absolute atomic E-state index is 0. The summed E-state index contributed by atoms with van der Waals surface area (Å²) in [4.78, 5) is 14.6. The summed E-state index contributed by atoms with van der Waals surface area (Å²) in [5.41, 5.74) is 5.40. The van der Waals surface area contributed by atoms with Crippen molar-refractivity contribution in [2.75, 3.05) is 7.11 Å². The van der Waals surface area contributed by atoms with Crippen LogP contribution in [0.3, 0.4) is 0 Å². The Hall–Kier alpha value is -1.20. The molecular formula is C8H10ClFN2O2. The third-order valence-electron chi connectivity index (χ3n) is 1.53. The van der Waals surface area contributed by atoms with Crippen LogP contribution < -0.4 is 5.73 Å². The molecule has 0 amide bonds. The van der Waals surface area contributed by atoms with Crippen LogP contribution in [-0.2, 0) is 11.3 Å². The second-order valence-electron chi connectivity index (χ2n) is 2.35. The van der Waals surface area contributed by atoms with Gasteiger partial charge in [-0.15, -0.1) is 12.4 Å². The van der Waals surface area contributed by atoms with Gasteiger partial charge in [0.1, 0.15) is 5.82 Å². The number of nitrogens with two attached hydrogens (primary N) is 1. The van der Waals surface area contributed by atoms with Crippen molar-refractivity contribution >= 4 is 18.4 Å². The molecule has 0 saturated carbocycles. The molecule has 0 saturated heterocycles. The summed E-state index contributed by atoms with van der Waals surface area (Å²) in [7, 11) is 1.22. The fourth-order valence-electron chi connectivity index (χ4n) is 0.846. The molecule has 1 rings (SSSR count). The Labute approximate surface area is 86.7 Å². The highest BCUT2D eigenvalue weighted by Gasteiger charge is 2.09. The van der Waals surface area contributed by atoms with E-state index in [4.69, 9.17) is 5.73 Å². The molecule has 1 aromatic rings. The zero-order chi connectivity index (χ0) is 9.84. The smallest absolute Gasteiger partial charge is 0.339 e. The van der Waals surface area contributed by atoms with E-state index in [1.807, 2.05) is 0 Å². The molecule has 2 N–H and O–H groups in total. The average Bonchev–Trinajstić information content (AvgIpc) is 2.16. The predicted octanol–water partition coefficient (Wildman–Crippen LogP) is 0.888. The molecule has 0 spiro atoms. The molecule has 0 fully saturated rings. The zero-order valence-electron chi connectivity index (χ0n) is 7.49. The summed E-state index contributed by atoms with van der Waals surface area (Å²) in [5, 5.41) is 0. The SMILES string of the molecule is COC(=O)c1cnc(CN)c(F)c1.Cl. The van der Waals surface area contributed by atoms with E-state index in [0.29, 0.717) is 0 Å². The quantitative estimate of drug-likeness (QED) is 0.752. The predicted molar refractivity (Wildman–Crippen MR) is 50.7 cm³/mol. The van der Waals surface area contributed by atoms with Crippen LogP contribution in [0.2, 0.25) is 0 Å². The van der Waals surface area contributed by atoms with E-state index < -0.39 is 11.8 Å². The third-order valence-corrected chi connectivity index (χ3v) is 1.53. The number of rotatable bonds is 2. The lowest BCUT2D eigenvalue weighted by atomic mass is 10.2. The number of ether oxygens (including phenoxy) is 1. The number of nitrogens with zero attached hydrogens (tertiary/aromatic N) is 1. The Kier molecular flexibility index (Phi) is 5.04. The number of hydrogen-bond acceptors (Lipinski definition) is 4. The number of methoxy groups -OCH3 is 1. The van der Waals surface area contributed by atoms with Crippen LogP contribution >= 0.6 is 12.4 Å². The van der Waals surface area contributed by atoms with Crippen molar-refractivity contribution in [2.45, 2.75) is 6.54 Å². The highest BCUT2D eigenvalue weighted by atomic mass is 35.5. The van der Waals surface area contributed by atoms with Gasteiger partial charge < -0.3 is 10.5 Å². The summed E-state index contributed by atoms with van der Waals surface area (Å²) < 4.78 is 17.4. The van der Waals surface area contributed by atoms with E-state index in [-0.39, 0.29) is 30.2 Å². The van der Waals surface area contributed by atoms with Gasteiger partial charge in [0.2, 0.25) is 0 Å². The number of carbonyl (C=O) groups is 1. The number of hydrogen-bond donors (Lipinski definition) is 1. The second-order valence-corrected chi connectivity index (χ2v) is 2.35. The standard InChI is InChI=1S/C8H9FN2O2.ClH/c1-13-8(12)5-2-6(9)7(3-10)11-4-5;/h2,4H,3,10H2,1H3;1H. The largest absolute Gasteiger partial charge is 0.465 e. The van der Waals surface area contributed by atoms with E-state index in [0.717, 1.165) is 6.07 Å². The van der Waals surface area contributed by atoms with Crippen molar-refractivity contribution < 1.29 is 13.9 Å². The number of esters is 1. The van der Waals surface area contributed by atoms with Crippen LogP contribution in [0.4, 0.5) is 4.39 Å². The molecular weight excluding hydrogens is 211 g/mol. The first-order valence-corrected chi connectivity index (χ1v) is 3.62. The maximum Gasteiger partial charge on any atom is 0.339 e. The molecule has 1 heterocycles. The van der Waals surface area contributed by atoms with Crippen LogP contribution in [-0.4, -0.2) is 18.1 Å². The van der Waals surface area contributed by atoms with Crippen molar-refractivity contribution in [3.8, 4) is 0 Å². The van der Waals surface area contributed by atoms with E-state index in [1.165, 1.54) is 13.3 Å². The van der Waals surface area contributed by atoms with Gasteiger partial charge in [-0.3, -0.25) is 4.98 Å². The lowest BCUT2D eigenvalue weighted by molar-refractivity contribution is 0.0599. The monoisotopic (exact) mass is 220 g/mol. The fourth-order valence-corrected chi connectivity index (χ4v) is 0.846. The minimum Gasteiger partial charge on any atom is -0.465 e. The lowest BCUT2D eigenvalue weighted by Crippen LogP contribution is -2.07. The van der Waals surface area contributed by atoms with Gasteiger partial charge in [0.05, 0.1) is 18.4 Å². The first-order valence-electron chi connectivity index (χ1n) is 3.62. The van der Waals surface area contributed by atoms with E-state index in [1.54, 1.807) is 0 Å². The van der Waals surface area contributed by atoms with Crippen LogP contribution in [0, 0.1) is 5.82 Å². The maximum atomic E-state index is 13.0. The summed E-state index contributed by atoms with van der Waals surface area (Å²) in [5.74, 6) is -1.21. The Morgan fingerprint density at radius 3 is 2.79 bits per heavy atom. The molecule has 78 valence electrons.